The summed E-state index contributed by atoms with van der Waals surface area (Å²) in [5.41, 5.74) is 3.53. The quantitative estimate of drug-likeness (QED) is 0.762. The number of halogens is 1. The lowest BCUT2D eigenvalue weighted by atomic mass is 10.0. The van der Waals surface area contributed by atoms with Gasteiger partial charge in [-0.15, -0.1) is 0 Å². The zero-order valence-electron chi connectivity index (χ0n) is 9.11. The Morgan fingerprint density at radius 1 is 1.06 bits per heavy atom. The summed E-state index contributed by atoms with van der Waals surface area (Å²) in [7, 11) is 1.71. The number of hydrogen-bond donors (Lipinski definition) is 0. The van der Waals surface area contributed by atoms with Gasteiger partial charge in [0.1, 0.15) is 5.75 Å². The third-order valence-corrected chi connectivity index (χ3v) is 3.15. The van der Waals surface area contributed by atoms with Crippen molar-refractivity contribution < 1.29 is 4.74 Å². The maximum Gasteiger partial charge on any atom is 0.126 e. The molecule has 0 bridgehead atoms. The van der Waals surface area contributed by atoms with Crippen molar-refractivity contribution in [2.24, 2.45) is 0 Å². The van der Waals surface area contributed by atoms with E-state index in [0.717, 1.165) is 16.6 Å². The van der Waals surface area contributed by atoms with Crippen molar-refractivity contribution in [3.63, 3.8) is 0 Å². The molecule has 0 amide bonds. The molecular formula is C14H13BrO. The van der Waals surface area contributed by atoms with Crippen molar-refractivity contribution in [3.8, 4) is 16.9 Å². The van der Waals surface area contributed by atoms with Gasteiger partial charge in [0.25, 0.3) is 0 Å². The molecule has 2 heteroatoms. The molecule has 0 spiro atoms. The molecule has 0 aliphatic rings. The molecular weight excluding hydrogens is 264 g/mol. The maximum absolute atomic E-state index is 5.42. The second-order valence-corrected chi connectivity index (χ2v) is 4.10. The smallest absolute Gasteiger partial charge is 0.126 e. The largest absolute Gasteiger partial charge is 0.496 e. The van der Waals surface area contributed by atoms with Crippen LogP contribution in [0.3, 0.4) is 0 Å². The number of methoxy groups -OCH3 is 1. The Labute approximate surface area is 104 Å². The Morgan fingerprint density at radius 3 is 2.44 bits per heavy atom. The van der Waals surface area contributed by atoms with Gasteiger partial charge in [-0.2, -0.15) is 0 Å². The van der Waals surface area contributed by atoms with Crippen LogP contribution in [0.5, 0.6) is 5.75 Å². The van der Waals surface area contributed by atoms with Crippen molar-refractivity contribution in [2.75, 3.05) is 7.11 Å². The second-order valence-electron chi connectivity index (χ2n) is 3.53. The number of ether oxygens (including phenoxy) is 1. The molecule has 0 atom stereocenters. The summed E-state index contributed by atoms with van der Waals surface area (Å²) in [4.78, 5) is 0. The Balaban J connectivity index is 2.49. The highest BCUT2D eigenvalue weighted by Gasteiger charge is 2.05. The Morgan fingerprint density at radius 2 is 1.81 bits per heavy atom. The topological polar surface area (TPSA) is 9.23 Å². The number of benzene rings is 2. The van der Waals surface area contributed by atoms with Crippen molar-refractivity contribution in [3.05, 3.63) is 54.1 Å². The molecule has 2 aromatic rings. The van der Waals surface area contributed by atoms with Crippen molar-refractivity contribution in [1.29, 1.82) is 0 Å². The minimum Gasteiger partial charge on any atom is -0.496 e. The van der Waals surface area contributed by atoms with E-state index in [1.807, 2.05) is 18.2 Å². The zero-order chi connectivity index (χ0) is 11.4. The molecule has 0 radical (unpaired) electrons. The van der Waals surface area contributed by atoms with Crippen LogP contribution >= 0.6 is 15.9 Å². The standard InChI is InChI=1S/C14H13BrO/c1-16-14-9-11(10-15)7-8-13(14)12-5-3-2-4-6-12/h2-9H,10H2,1H3. The molecule has 0 fully saturated rings. The fourth-order valence-corrected chi connectivity index (χ4v) is 2.02. The first-order valence-corrected chi connectivity index (χ1v) is 6.25. The molecule has 2 rings (SSSR count). The summed E-state index contributed by atoms with van der Waals surface area (Å²) >= 11 is 3.45. The number of hydrogen-bond acceptors (Lipinski definition) is 1. The Hall–Kier alpha value is -1.28. The van der Waals surface area contributed by atoms with E-state index < -0.39 is 0 Å². The van der Waals surface area contributed by atoms with Crippen molar-refractivity contribution in [1.82, 2.24) is 0 Å². The van der Waals surface area contributed by atoms with E-state index in [1.165, 1.54) is 11.1 Å². The molecule has 0 aliphatic carbocycles. The van der Waals surface area contributed by atoms with Gasteiger partial charge in [-0.1, -0.05) is 58.4 Å². The SMILES string of the molecule is COc1cc(CBr)ccc1-c1ccccc1. The average molecular weight is 277 g/mol. The van der Waals surface area contributed by atoms with Gasteiger partial charge in [0.2, 0.25) is 0 Å². The number of alkyl halides is 1. The van der Waals surface area contributed by atoms with Crippen LogP contribution in [0.2, 0.25) is 0 Å². The van der Waals surface area contributed by atoms with Gasteiger partial charge in [-0.25, -0.2) is 0 Å². The molecule has 0 aromatic heterocycles. The van der Waals surface area contributed by atoms with Crippen LogP contribution < -0.4 is 4.74 Å². The second kappa shape index (κ2) is 5.17. The van der Waals surface area contributed by atoms with E-state index in [2.05, 4.69) is 46.3 Å². The van der Waals surface area contributed by atoms with Crippen LogP contribution in [0.1, 0.15) is 5.56 Å². The van der Waals surface area contributed by atoms with E-state index in [0.29, 0.717) is 0 Å². The van der Waals surface area contributed by atoms with Gasteiger partial charge in [-0.3, -0.25) is 0 Å². The molecule has 2 aromatic carbocycles. The lowest BCUT2D eigenvalue weighted by molar-refractivity contribution is 0.416. The van der Waals surface area contributed by atoms with E-state index in [4.69, 9.17) is 4.74 Å². The highest BCUT2D eigenvalue weighted by Crippen LogP contribution is 2.31. The van der Waals surface area contributed by atoms with Gasteiger partial charge >= 0.3 is 0 Å². The molecule has 1 nitrogen and oxygen atoms in total. The summed E-state index contributed by atoms with van der Waals surface area (Å²) in [5.74, 6) is 0.920. The average Bonchev–Trinajstić information content (AvgIpc) is 2.39. The minimum absolute atomic E-state index is 0.846. The first-order valence-electron chi connectivity index (χ1n) is 5.13. The normalized spacial score (nSPS) is 10.1. The first kappa shape index (κ1) is 11.2. The van der Waals surface area contributed by atoms with Crippen molar-refractivity contribution >= 4 is 15.9 Å². The van der Waals surface area contributed by atoms with E-state index >= 15 is 0 Å². The van der Waals surface area contributed by atoms with Gasteiger partial charge < -0.3 is 4.74 Å². The van der Waals surface area contributed by atoms with Crippen LogP contribution in [-0.2, 0) is 5.33 Å². The molecule has 0 saturated heterocycles. The monoisotopic (exact) mass is 276 g/mol. The van der Waals surface area contributed by atoms with Crippen LogP contribution in [-0.4, -0.2) is 7.11 Å². The highest BCUT2D eigenvalue weighted by atomic mass is 79.9. The van der Waals surface area contributed by atoms with E-state index in [9.17, 15) is 0 Å². The lowest BCUT2D eigenvalue weighted by Crippen LogP contribution is -1.89. The van der Waals surface area contributed by atoms with Crippen LogP contribution in [0, 0.1) is 0 Å². The van der Waals surface area contributed by atoms with Crippen LogP contribution in [0.4, 0.5) is 0 Å². The summed E-state index contributed by atoms with van der Waals surface area (Å²) in [6.45, 7) is 0. The molecule has 0 saturated carbocycles. The summed E-state index contributed by atoms with van der Waals surface area (Å²) in [6.07, 6.45) is 0. The predicted molar refractivity (Wildman–Crippen MR) is 71.1 cm³/mol. The minimum atomic E-state index is 0.846. The van der Waals surface area contributed by atoms with Crippen LogP contribution in [0.15, 0.2) is 48.5 Å². The van der Waals surface area contributed by atoms with E-state index in [1.54, 1.807) is 7.11 Å². The van der Waals surface area contributed by atoms with Crippen LogP contribution in [0.25, 0.3) is 11.1 Å². The van der Waals surface area contributed by atoms with Gasteiger partial charge in [0, 0.05) is 10.9 Å². The Bertz CT molecular complexity index is 465. The third-order valence-electron chi connectivity index (χ3n) is 2.51. The fourth-order valence-electron chi connectivity index (χ4n) is 1.67. The first-order chi connectivity index (χ1) is 7.85. The van der Waals surface area contributed by atoms with Gasteiger partial charge in [0.15, 0.2) is 0 Å². The van der Waals surface area contributed by atoms with Gasteiger partial charge in [-0.05, 0) is 17.2 Å². The molecule has 16 heavy (non-hydrogen) atoms. The summed E-state index contributed by atoms with van der Waals surface area (Å²) in [5, 5.41) is 0.846. The Kier molecular flexibility index (Phi) is 3.62. The van der Waals surface area contributed by atoms with E-state index in [-0.39, 0.29) is 0 Å². The maximum atomic E-state index is 5.42. The highest BCUT2D eigenvalue weighted by molar-refractivity contribution is 9.08. The number of rotatable bonds is 3. The van der Waals surface area contributed by atoms with Gasteiger partial charge in [0.05, 0.1) is 7.11 Å². The molecule has 0 heterocycles. The third kappa shape index (κ3) is 2.27. The zero-order valence-corrected chi connectivity index (χ0v) is 10.7. The summed E-state index contributed by atoms with van der Waals surface area (Å²) in [6, 6.07) is 16.5. The molecule has 0 unspecified atom stereocenters. The molecule has 0 aliphatic heterocycles. The summed E-state index contributed by atoms with van der Waals surface area (Å²) < 4.78 is 5.42. The predicted octanol–water partition coefficient (Wildman–Crippen LogP) is 4.26. The molecule has 0 N–H and O–H groups in total. The van der Waals surface area contributed by atoms with Crippen molar-refractivity contribution in [2.45, 2.75) is 5.33 Å². The lowest BCUT2D eigenvalue weighted by Gasteiger charge is -2.09. The molecule has 82 valence electrons. The fraction of sp³-hybridized carbons (Fsp3) is 0.143.